The molecule has 1 N–H and O–H groups in total. The normalized spacial score (nSPS) is 35.3. The predicted octanol–water partition coefficient (Wildman–Crippen LogP) is -0.489. The Kier molecular flexibility index (Phi) is 2.74. The average molecular weight is 197 g/mol. The summed E-state index contributed by atoms with van der Waals surface area (Å²) in [7, 11) is 1.90. The fourth-order valence-electron chi connectivity index (χ4n) is 2.39. The molecule has 0 saturated carbocycles. The molecule has 2 aliphatic rings. The Bertz CT molecular complexity index is 231. The Hall–Kier alpha value is -0.610. The molecule has 4 heteroatoms. The van der Waals surface area contributed by atoms with E-state index in [0.29, 0.717) is 11.9 Å². The first-order chi connectivity index (χ1) is 6.68. The van der Waals surface area contributed by atoms with Crippen LogP contribution in [-0.4, -0.2) is 61.0 Å². The molecule has 0 aliphatic carbocycles. The third-order valence-corrected chi connectivity index (χ3v) is 3.24. The first-order valence-corrected chi connectivity index (χ1v) is 5.41. The molecule has 1 amide bonds. The molecule has 4 nitrogen and oxygen atoms in total. The van der Waals surface area contributed by atoms with Crippen LogP contribution in [0.3, 0.4) is 0 Å². The SMILES string of the molecule is C[C@H]1CN(C2CCN(C)C2=O)CCN1. The molecule has 0 aromatic carbocycles. The van der Waals surface area contributed by atoms with Gasteiger partial charge in [-0.2, -0.15) is 0 Å². The van der Waals surface area contributed by atoms with Gasteiger partial charge in [0.2, 0.25) is 5.91 Å². The van der Waals surface area contributed by atoms with Crippen molar-refractivity contribution in [3.8, 4) is 0 Å². The van der Waals surface area contributed by atoms with Gasteiger partial charge in [0.25, 0.3) is 0 Å². The summed E-state index contributed by atoms with van der Waals surface area (Å²) in [5.74, 6) is 0.305. The van der Waals surface area contributed by atoms with Crippen LogP contribution in [0.4, 0.5) is 0 Å². The van der Waals surface area contributed by atoms with Crippen LogP contribution < -0.4 is 5.32 Å². The predicted molar refractivity (Wildman–Crippen MR) is 55.1 cm³/mol. The lowest BCUT2D eigenvalue weighted by molar-refractivity contribution is -0.131. The molecular weight excluding hydrogens is 178 g/mol. The largest absolute Gasteiger partial charge is 0.344 e. The molecule has 2 aliphatic heterocycles. The van der Waals surface area contributed by atoms with Gasteiger partial charge in [0.05, 0.1) is 6.04 Å². The van der Waals surface area contributed by atoms with Gasteiger partial charge in [-0.05, 0) is 13.3 Å². The van der Waals surface area contributed by atoms with E-state index >= 15 is 0 Å². The zero-order valence-electron chi connectivity index (χ0n) is 8.99. The van der Waals surface area contributed by atoms with Gasteiger partial charge in [-0.3, -0.25) is 9.69 Å². The van der Waals surface area contributed by atoms with E-state index in [1.165, 1.54) is 0 Å². The van der Waals surface area contributed by atoms with Gasteiger partial charge in [-0.1, -0.05) is 0 Å². The Balaban J connectivity index is 1.97. The molecule has 2 saturated heterocycles. The van der Waals surface area contributed by atoms with Crippen molar-refractivity contribution in [2.45, 2.75) is 25.4 Å². The zero-order chi connectivity index (χ0) is 10.1. The maximum atomic E-state index is 11.8. The minimum Gasteiger partial charge on any atom is -0.344 e. The van der Waals surface area contributed by atoms with Crippen LogP contribution in [0.2, 0.25) is 0 Å². The number of piperazine rings is 1. The van der Waals surface area contributed by atoms with Crippen molar-refractivity contribution in [3.05, 3.63) is 0 Å². The number of carbonyl (C=O) groups excluding carboxylic acids is 1. The van der Waals surface area contributed by atoms with Gasteiger partial charge in [0, 0.05) is 39.3 Å². The number of hydrogen-bond acceptors (Lipinski definition) is 3. The number of nitrogens with one attached hydrogen (secondary N) is 1. The number of rotatable bonds is 1. The minimum absolute atomic E-state index is 0.157. The van der Waals surface area contributed by atoms with Crippen molar-refractivity contribution in [2.24, 2.45) is 0 Å². The lowest BCUT2D eigenvalue weighted by Gasteiger charge is -2.35. The van der Waals surface area contributed by atoms with Crippen LogP contribution in [0.1, 0.15) is 13.3 Å². The molecule has 2 rings (SSSR count). The number of amides is 1. The molecule has 80 valence electrons. The van der Waals surface area contributed by atoms with E-state index in [2.05, 4.69) is 17.1 Å². The molecule has 2 atom stereocenters. The first kappa shape index (κ1) is 9.93. The monoisotopic (exact) mass is 197 g/mol. The zero-order valence-corrected chi connectivity index (χ0v) is 8.99. The topological polar surface area (TPSA) is 35.6 Å². The fourth-order valence-corrected chi connectivity index (χ4v) is 2.39. The highest BCUT2D eigenvalue weighted by Crippen LogP contribution is 2.16. The van der Waals surface area contributed by atoms with Crippen LogP contribution in [0.25, 0.3) is 0 Å². The molecule has 0 spiro atoms. The van der Waals surface area contributed by atoms with Gasteiger partial charge in [-0.15, -0.1) is 0 Å². The smallest absolute Gasteiger partial charge is 0.239 e. The van der Waals surface area contributed by atoms with E-state index in [4.69, 9.17) is 0 Å². The van der Waals surface area contributed by atoms with Crippen molar-refractivity contribution in [2.75, 3.05) is 33.2 Å². The second kappa shape index (κ2) is 3.87. The molecule has 0 aromatic heterocycles. The highest BCUT2D eigenvalue weighted by Gasteiger charge is 2.35. The molecule has 0 bridgehead atoms. The molecule has 2 fully saturated rings. The second-order valence-corrected chi connectivity index (χ2v) is 4.41. The van der Waals surface area contributed by atoms with Gasteiger partial charge in [0.15, 0.2) is 0 Å². The van der Waals surface area contributed by atoms with Gasteiger partial charge in [0.1, 0.15) is 0 Å². The van der Waals surface area contributed by atoms with Crippen LogP contribution in [0.15, 0.2) is 0 Å². The summed E-state index contributed by atoms with van der Waals surface area (Å²) in [6.45, 7) is 6.12. The summed E-state index contributed by atoms with van der Waals surface area (Å²) in [4.78, 5) is 15.9. The van der Waals surface area contributed by atoms with Crippen molar-refractivity contribution < 1.29 is 4.79 Å². The summed E-state index contributed by atoms with van der Waals surface area (Å²) in [5.41, 5.74) is 0. The Morgan fingerprint density at radius 3 is 2.79 bits per heavy atom. The van der Waals surface area contributed by atoms with Gasteiger partial charge in [-0.25, -0.2) is 0 Å². The highest BCUT2D eigenvalue weighted by atomic mass is 16.2. The third-order valence-electron chi connectivity index (χ3n) is 3.24. The van der Waals surface area contributed by atoms with Gasteiger partial charge >= 0.3 is 0 Å². The molecule has 0 aromatic rings. The lowest BCUT2D eigenvalue weighted by atomic mass is 10.1. The number of likely N-dealkylation sites (tertiary alicyclic amines) is 1. The quantitative estimate of drug-likeness (QED) is 0.616. The standard InChI is InChI=1S/C10H19N3O/c1-8-7-13(6-4-11-8)9-3-5-12(2)10(9)14/h8-9,11H,3-7H2,1-2H3/t8-,9?/m0/s1. The van der Waals surface area contributed by atoms with Gasteiger partial charge < -0.3 is 10.2 Å². The van der Waals surface area contributed by atoms with E-state index in [1.54, 1.807) is 0 Å². The average Bonchev–Trinajstić information content (AvgIpc) is 2.48. The first-order valence-electron chi connectivity index (χ1n) is 5.41. The summed E-state index contributed by atoms with van der Waals surface area (Å²) in [5, 5.41) is 3.39. The molecule has 2 heterocycles. The Morgan fingerprint density at radius 1 is 1.43 bits per heavy atom. The fraction of sp³-hybridized carbons (Fsp3) is 0.900. The number of likely N-dealkylation sites (N-methyl/N-ethyl adjacent to an activating group) is 1. The van der Waals surface area contributed by atoms with Crippen LogP contribution >= 0.6 is 0 Å². The Labute approximate surface area is 85.2 Å². The number of nitrogens with zero attached hydrogens (tertiary/aromatic N) is 2. The number of hydrogen-bond donors (Lipinski definition) is 1. The van der Waals surface area contributed by atoms with E-state index in [0.717, 1.165) is 32.6 Å². The maximum absolute atomic E-state index is 11.8. The molecule has 14 heavy (non-hydrogen) atoms. The van der Waals surface area contributed by atoms with E-state index < -0.39 is 0 Å². The Morgan fingerprint density at radius 2 is 2.21 bits per heavy atom. The van der Waals surface area contributed by atoms with Crippen LogP contribution in [0, 0.1) is 0 Å². The summed E-state index contributed by atoms with van der Waals surface area (Å²) >= 11 is 0. The molecule has 1 unspecified atom stereocenters. The van der Waals surface area contributed by atoms with E-state index in [1.807, 2.05) is 11.9 Å². The van der Waals surface area contributed by atoms with Crippen LogP contribution in [-0.2, 0) is 4.79 Å². The summed E-state index contributed by atoms with van der Waals surface area (Å²) in [6, 6.07) is 0.673. The highest BCUT2D eigenvalue weighted by molar-refractivity contribution is 5.83. The van der Waals surface area contributed by atoms with Crippen molar-refractivity contribution in [3.63, 3.8) is 0 Å². The second-order valence-electron chi connectivity index (χ2n) is 4.41. The van der Waals surface area contributed by atoms with E-state index in [9.17, 15) is 4.79 Å². The number of carbonyl (C=O) groups is 1. The maximum Gasteiger partial charge on any atom is 0.239 e. The molecular formula is C10H19N3O. The summed E-state index contributed by atoms with van der Waals surface area (Å²) < 4.78 is 0. The lowest BCUT2D eigenvalue weighted by Crippen LogP contribution is -2.54. The third kappa shape index (κ3) is 1.77. The van der Waals surface area contributed by atoms with Crippen molar-refractivity contribution >= 4 is 5.91 Å². The van der Waals surface area contributed by atoms with Crippen molar-refractivity contribution in [1.29, 1.82) is 0 Å². The van der Waals surface area contributed by atoms with Crippen molar-refractivity contribution in [1.82, 2.24) is 15.1 Å². The minimum atomic E-state index is 0.157. The van der Waals surface area contributed by atoms with E-state index in [-0.39, 0.29) is 6.04 Å². The van der Waals surface area contributed by atoms with Crippen LogP contribution in [0.5, 0.6) is 0 Å². The summed E-state index contributed by atoms with van der Waals surface area (Å²) in [6.07, 6.45) is 1.00. The molecule has 0 radical (unpaired) electrons.